The molecule has 0 radical (unpaired) electrons. The lowest BCUT2D eigenvalue weighted by Crippen LogP contribution is -2.03. The van der Waals surface area contributed by atoms with E-state index >= 15 is 0 Å². The minimum atomic E-state index is 0.541. The molecule has 0 fully saturated rings. The number of aromatic nitrogens is 4. The van der Waals surface area contributed by atoms with E-state index in [1.54, 1.807) is 6.07 Å². The molecule has 0 atom stereocenters. The summed E-state index contributed by atoms with van der Waals surface area (Å²) in [6.07, 6.45) is 4.77. The number of aryl methyl sites for hydroxylation is 3. The average molecular weight is 440 g/mol. The van der Waals surface area contributed by atoms with Gasteiger partial charge in [-0.25, -0.2) is 9.97 Å². The Balaban J connectivity index is 1.62. The van der Waals surface area contributed by atoms with Crippen LogP contribution in [0.15, 0.2) is 54.9 Å². The molecule has 0 saturated carbocycles. The molecule has 3 heterocycles. The van der Waals surface area contributed by atoms with Crippen LogP contribution in [-0.2, 0) is 13.0 Å². The lowest BCUT2D eigenvalue weighted by Gasteiger charge is -2.11. The van der Waals surface area contributed by atoms with Crippen LogP contribution < -0.4 is 0 Å². The number of halogens is 1. The zero-order valence-electron chi connectivity index (χ0n) is 18.2. The number of nitriles is 1. The number of hydrogen-bond acceptors (Lipinski definition) is 3. The number of nitrogens with zero attached hydrogens (tertiary/aromatic N) is 5. The van der Waals surface area contributed by atoms with Crippen LogP contribution in [0.2, 0.25) is 5.02 Å². The summed E-state index contributed by atoms with van der Waals surface area (Å²) in [6.45, 7) is 6.83. The lowest BCUT2D eigenvalue weighted by atomic mass is 10.1. The normalized spacial score (nSPS) is 11.3. The zero-order chi connectivity index (χ0) is 22.4. The van der Waals surface area contributed by atoms with E-state index in [0.29, 0.717) is 17.1 Å². The van der Waals surface area contributed by atoms with Gasteiger partial charge in [0.15, 0.2) is 5.65 Å². The van der Waals surface area contributed by atoms with Gasteiger partial charge in [0.25, 0.3) is 0 Å². The van der Waals surface area contributed by atoms with Crippen LogP contribution in [0.5, 0.6) is 0 Å². The maximum Gasteiger partial charge on any atom is 0.164 e. The average Bonchev–Trinajstić information content (AvgIpc) is 3.38. The Morgan fingerprint density at radius 3 is 2.75 bits per heavy atom. The molecule has 5 rings (SSSR count). The first-order valence-electron chi connectivity index (χ1n) is 10.6. The molecule has 0 aliphatic heterocycles. The third-order valence-electron chi connectivity index (χ3n) is 6.15. The van der Waals surface area contributed by atoms with Gasteiger partial charge >= 0.3 is 0 Å². The molecule has 0 amide bonds. The minimum Gasteiger partial charge on any atom is -0.343 e. The van der Waals surface area contributed by atoms with Crippen molar-refractivity contribution in [1.29, 1.82) is 5.26 Å². The molecule has 5 aromatic rings. The molecule has 0 aliphatic carbocycles. The highest BCUT2D eigenvalue weighted by Crippen LogP contribution is 2.28. The van der Waals surface area contributed by atoms with Crippen molar-refractivity contribution in [3.8, 4) is 11.8 Å². The monoisotopic (exact) mass is 439 g/mol. The van der Waals surface area contributed by atoms with Gasteiger partial charge in [-0.1, -0.05) is 24.6 Å². The Morgan fingerprint density at radius 1 is 1.12 bits per heavy atom. The summed E-state index contributed by atoms with van der Waals surface area (Å²) in [5.41, 5.74) is 7.73. The number of rotatable bonds is 4. The number of benzene rings is 2. The fourth-order valence-corrected chi connectivity index (χ4v) is 4.47. The maximum atomic E-state index is 9.47. The standard InChI is InChI=1S/C26H22ClN5/c1-4-24-30-25-17(3)16(2)14-29-26(25)32(24)20-8-9-23-18(12-20)10-11-31(23)15-21-19(13-28)6-5-7-22(21)27/h5-12,14H,4,15H2,1-3H3. The summed E-state index contributed by atoms with van der Waals surface area (Å²) in [7, 11) is 0. The molecule has 0 unspecified atom stereocenters. The fraction of sp³-hybridized carbons (Fsp3) is 0.192. The Labute approximate surface area is 191 Å². The van der Waals surface area contributed by atoms with Gasteiger partial charge in [-0.05, 0) is 61.4 Å². The highest BCUT2D eigenvalue weighted by molar-refractivity contribution is 6.31. The summed E-state index contributed by atoms with van der Waals surface area (Å²) in [5, 5.41) is 11.2. The molecular weight excluding hydrogens is 418 g/mol. The van der Waals surface area contributed by atoms with Gasteiger partial charge in [0.1, 0.15) is 11.3 Å². The van der Waals surface area contributed by atoms with Gasteiger partial charge < -0.3 is 4.57 Å². The van der Waals surface area contributed by atoms with Gasteiger partial charge in [0.2, 0.25) is 0 Å². The number of fused-ring (bicyclic) bond motifs is 2. The van der Waals surface area contributed by atoms with Crippen molar-refractivity contribution in [3.05, 3.63) is 88.0 Å². The van der Waals surface area contributed by atoms with Crippen LogP contribution in [-0.4, -0.2) is 19.1 Å². The maximum absolute atomic E-state index is 9.47. The van der Waals surface area contributed by atoms with E-state index in [2.05, 4.69) is 60.2 Å². The molecule has 6 heteroatoms. The Bertz CT molecular complexity index is 1530. The minimum absolute atomic E-state index is 0.541. The zero-order valence-corrected chi connectivity index (χ0v) is 19.0. The molecule has 0 spiro atoms. The molecule has 0 bridgehead atoms. The molecule has 158 valence electrons. The molecule has 0 saturated heterocycles. The van der Waals surface area contributed by atoms with Gasteiger partial charge in [-0.3, -0.25) is 4.57 Å². The van der Waals surface area contributed by atoms with E-state index in [1.807, 2.05) is 24.5 Å². The smallest absolute Gasteiger partial charge is 0.164 e. The van der Waals surface area contributed by atoms with E-state index < -0.39 is 0 Å². The van der Waals surface area contributed by atoms with Crippen molar-refractivity contribution in [2.45, 2.75) is 33.7 Å². The van der Waals surface area contributed by atoms with Crippen LogP contribution in [0.1, 0.15) is 35.0 Å². The van der Waals surface area contributed by atoms with E-state index in [4.69, 9.17) is 21.6 Å². The number of hydrogen-bond donors (Lipinski definition) is 0. The summed E-state index contributed by atoms with van der Waals surface area (Å²) >= 11 is 6.40. The second kappa shape index (κ2) is 7.81. The fourth-order valence-electron chi connectivity index (χ4n) is 4.24. The predicted molar refractivity (Wildman–Crippen MR) is 128 cm³/mol. The van der Waals surface area contributed by atoms with Crippen molar-refractivity contribution in [2.75, 3.05) is 0 Å². The first kappa shape index (κ1) is 20.3. The topological polar surface area (TPSA) is 59.4 Å². The van der Waals surface area contributed by atoms with Crippen molar-refractivity contribution < 1.29 is 0 Å². The summed E-state index contributed by atoms with van der Waals surface area (Å²) in [5.74, 6) is 0.995. The van der Waals surface area contributed by atoms with Crippen molar-refractivity contribution in [2.24, 2.45) is 0 Å². The molecule has 2 aromatic carbocycles. The number of imidazole rings is 1. The predicted octanol–water partition coefficient (Wildman–Crippen LogP) is 6.13. The van der Waals surface area contributed by atoms with E-state index in [-0.39, 0.29) is 0 Å². The molecule has 3 aromatic heterocycles. The summed E-state index contributed by atoms with van der Waals surface area (Å²) < 4.78 is 4.28. The third-order valence-corrected chi connectivity index (χ3v) is 6.50. The van der Waals surface area contributed by atoms with Gasteiger partial charge in [0, 0.05) is 46.0 Å². The molecule has 32 heavy (non-hydrogen) atoms. The molecule has 0 N–H and O–H groups in total. The van der Waals surface area contributed by atoms with Crippen molar-refractivity contribution in [1.82, 2.24) is 19.1 Å². The Hall–Kier alpha value is -3.62. The van der Waals surface area contributed by atoms with Crippen molar-refractivity contribution in [3.63, 3.8) is 0 Å². The first-order chi connectivity index (χ1) is 15.5. The van der Waals surface area contributed by atoms with Crippen LogP contribution in [0.25, 0.3) is 27.8 Å². The second-order valence-corrected chi connectivity index (χ2v) is 8.43. The number of pyridine rings is 1. The van der Waals surface area contributed by atoms with Crippen LogP contribution >= 0.6 is 11.6 Å². The van der Waals surface area contributed by atoms with Crippen LogP contribution in [0, 0.1) is 25.2 Å². The SMILES string of the molecule is CCc1nc2c(C)c(C)cnc2n1-c1ccc2c(ccn2Cc2c(Cl)cccc2C#N)c1. The molecule has 5 nitrogen and oxygen atoms in total. The van der Waals surface area contributed by atoms with Crippen LogP contribution in [0.4, 0.5) is 0 Å². The quantitative estimate of drug-likeness (QED) is 0.338. The highest BCUT2D eigenvalue weighted by atomic mass is 35.5. The highest BCUT2D eigenvalue weighted by Gasteiger charge is 2.16. The van der Waals surface area contributed by atoms with E-state index in [1.165, 1.54) is 5.56 Å². The second-order valence-electron chi connectivity index (χ2n) is 8.02. The van der Waals surface area contributed by atoms with Crippen molar-refractivity contribution >= 4 is 33.7 Å². The first-order valence-corrected chi connectivity index (χ1v) is 11.0. The Kier molecular flexibility index (Phi) is 4.96. The Morgan fingerprint density at radius 2 is 1.97 bits per heavy atom. The lowest BCUT2D eigenvalue weighted by molar-refractivity contribution is 0.834. The molecule has 0 aliphatic rings. The van der Waals surface area contributed by atoms with Gasteiger partial charge in [0.05, 0.1) is 18.2 Å². The largest absolute Gasteiger partial charge is 0.343 e. The van der Waals surface area contributed by atoms with Gasteiger partial charge in [-0.2, -0.15) is 5.26 Å². The molecular formula is C26H22ClN5. The van der Waals surface area contributed by atoms with E-state index in [9.17, 15) is 5.26 Å². The third kappa shape index (κ3) is 3.16. The van der Waals surface area contributed by atoms with Gasteiger partial charge in [-0.15, -0.1) is 0 Å². The van der Waals surface area contributed by atoms with Crippen LogP contribution in [0.3, 0.4) is 0 Å². The van der Waals surface area contributed by atoms with E-state index in [0.717, 1.165) is 51.1 Å². The summed E-state index contributed by atoms with van der Waals surface area (Å²) in [6, 6.07) is 16.2. The summed E-state index contributed by atoms with van der Waals surface area (Å²) in [4.78, 5) is 9.59.